The molecule has 0 saturated carbocycles. The number of hydrogen-bond acceptors (Lipinski definition) is 4. The number of sulfonamides is 1. The highest BCUT2D eigenvalue weighted by Gasteiger charge is 2.21. The highest BCUT2D eigenvalue weighted by molar-refractivity contribution is 9.11. The summed E-state index contributed by atoms with van der Waals surface area (Å²) in [5, 5.41) is 8.84. The predicted octanol–water partition coefficient (Wildman–Crippen LogP) is 1.94. The monoisotopic (exact) mass is 339 g/mol. The SMILES string of the molecule is C=C(Br)CNS(=O)(=O)c1cc(C)c(C(=O)O)s1. The summed E-state index contributed by atoms with van der Waals surface area (Å²) < 4.78 is 26.3. The van der Waals surface area contributed by atoms with Crippen molar-refractivity contribution in [2.45, 2.75) is 11.1 Å². The molecule has 0 saturated heterocycles. The summed E-state index contributed by atoms with van der Waals surface area (Å²) in [5.74, 6) is -1.13. The van der Waals surface area contributed by atoms with Crippen molar-refractivity contribution in [1.29, 1.82) is 0 Å². The van der Waals surface area contributed by atoms with Crippen LogP contribution in [0.2, 0.25) is 0 Å². The van der Waals surface area contributed by atoms with Gasteiger partial charge in [0, 0.05) is 11.0 Å². The van der Waals surface area contributed by atoms with Gasteiger partial charge in [-0.1, -0.05) is 22.5 Å². The number of thiophene rings is 1. The molecule has 0 fully saturated rings. The minimum Gasteiger partial charge on any atom is -0.477 e. The van der Waals surface area contributed by atoms with Gasteiger partial charge in [0.15, 0.2) is 0 Å². The van der Waals surface area contributed by atoms with E-state index >= 15 is 0 Å². The molecule has 5 nitrogen and oxygen atoms in total. The van der Waals surface area contributed by atoms with Crippen molar-refractivity contribution >= 4 is 43.3 Å². The lowest BCUT2D eigenvalue weighted by Crippen LogP contribution is -2.23. The summed E-state index contributed by atoms with van der Waals surface area (Å²) in [4.78, 5) is 10.8. The molecule has 0 bridgehead atoms. The highest BCUT2D eigenvalue weighted by Crippen LogP contribution is 2.25. The normalized spacial score (nSPS) is 11.4. The maximum Gasteiger partial charge on any atom is 0.346 e. The van der Waals surface area contributed by atoms with Crippen LogP contribution in [-0.4, -0.2) is 26.0 Å². The minimum absolute atomic E-state index is 0.0128. The molecule has 17 heavy (non-hydrogen) atoms. The van der Waals surface area contributed by atoms with E-state index in [2.05, 4.69) is 27.2 Å². The first-order chi connectivity index (χ1) is 7.74. The topological polar surface area (TPSA) is 83.5 Å². The maximum atomic E-state index is 11.8. The Morgan fingerprint density at radius 3 is 2.65 bits per heavy atom. The molecule has 0 unspecified atom stereocenters. The first-order valence-electron chi connectivity index (χ1n) is 4.40. The lowest BCUT2D eigenvalue weighted by molar-refractivity contribution is 0.0701. The molecule has 0 amide bonds. The molecule has 1 aromatic heterocycles. The molecule has 0 radical (unpaired) electrons. The Labute approximate surface area is 111 Å². The lowest BCUT2D eigenvalue weighted by atomic mass is 10.3. The van der Waals surface area contributed by atoms with Crippen molar-refractivity contribution in [2.75, 3.05) is 6.54 Å². The van der Waals surface area contributed by atoms with Gasteiger partial charge in [0.05, 0.1) is 0 Å². The third-order valence-electron chi connectivity index (χ3n) is 1.81. The van der Waals surface area contributed by atoms with Gasteiger partial charge in [0.1, 0.15) is 9.09 Å². The molecule has 2 N–H and O–H groups in total. The van der Waals surface area contributed by atoms with Gasteiger partial charge in [-0.2, -0.15) is 0 Å². The van der Waals surface area contributed by atoms with E-state index in [0.29, 0.717) is 10.0 Å². The summed E-state index contributed by atoms with van der Waals surface area (Å²) in [6, 6.07) is 1.34. The number of aromatic carboxylic acids is 1. The summed E-state index contributed by atoms with van der Waals surface area (Å²) in [5.41, 5.74) is 0.431. The molecule has 0 aliphatic carbocycles. The summed E-state index contributed by atoms with van der Waals surface area (Å²) in [6.07, 6.45) is 0. The fraction of sp³-hybridized carbons (Fsp3) is 0.222. The van der Waals surface area contributed by atoms with Crippen LogP contribution in [0.4, 0.5) is 0 Å². The van der Waals surface area contributed by atoms with E-state index in [9.17, 15) is 13.2 Å². The van der Waals surface area contributed by atoms with Gasteiger partial charge in [0.25, 0.3) is 0 Å². The molecule has 0 aliphatic heterocycles. The van der Waals surface area contributed by atoms with Crippen molar-refractivity contribution in [1.82, 2.24) is 4.72 Å². The van der Waals surface area contributed by atoms with Gasteiger partial charge < -0.3 is 5.11 Å². The summed E-state index contributed by atoms with van der Waals surface area (Å²) in [6.45, 7) is 5.12. The Morgan fingerprint density at radius 1 is 1.65 bits per heavy atom. The number of rotatable bonds is 5. The van der Waals surface area contributed by atoms with Gasteiger partial charge in [-0.15, -0.1) is 11.3 Å². The molecule has 0 atom stereocenters. The summed E-state index contributed by atoms with van der Waals surface area (Å²) in [7, 11) is -3.68. The van der Waals surface area contributed by atoms with Crippen molar-refractivity contribution in [3.63, 3.8) is 0 Å². The first-order valence-corrected chi connectivity index (χ1v) is 7.50. The van der Waals surface area contributed by atoms with Gasteiger partial charge in [-0.3, -0.25) is 0 Å². The predicted molar refractivity (Wildman–Crippen MR) is 69.3 cm³/mol. The Balaban J connectivity index is 3.04. The van der Waals surface area contributed by atoms with Crippen molar-refractivity contribution in [3.8, 4) is 0 Å². The van der Waals surface area contributed by atoms with Crippen LogP contribution in [-0.2, 0) is 10.0 Å². The van der Waals surface area contributed by atoms with Crippen LogP contribution in [0.1, 0.15) is 15.2 Å². The van der Waals surface area contributed by atoms with Crippen LogP contribution in [0.3, 0.4) is 0 Å². The summed E-state index contributed by atoms with van der Waals surface area (Å²) >= 11 is 3.76. The molecule has 8 heteroatoms. The number of halogens is 1. The third-order valence-corrected chi connectivity index (χ3v) is 5.19. The fourth-order valence-corrected chi connectivity index (χ4v) is 3.82. The maximum absolute atomic E-state index is 11.8. The second kappa shape index (κ2) is 5.30. The van der Waals surface area contributed by atoms with Crippen LogP contribution in [0.15, 0.2) is 21.3 Å². The quantitative estimate of drug-likeness (QED) is 0.858. The standard InChI is InChI=1S/C9H10BrNO4S2/c1-5-3-7(16-8(5)9(12)13)17(14,15)11-4-6(2)10/h3,11H,2,4H2,1H3,(H,12,13). The van der Waals surface area contributed by atoms with Crippen LogP contribution in [0, 0.1) is 6.92 Å². The van der Waals surface area contributed by atoms with Crippen LogP contribution in [0.5, 0.6) is 0 Å². The Morgan fingerprint density at radius 2 is 2.24 bits per heavy atom. The molecule has 0 aliphatic rings. The number of carboxylic acid groups (broad SMARTS) is 1. The number of carbonyl (C=O) groups is 1. The average molecular weight is 340 g/mol. The third kappa shape index (κ3) is 3.63. The van der Waals surface area contributed by atoms with Crippen molar-refractivity contribution in [2.24, 2.45) is 0 Å². The van der Waals surface area contributed by atoms with E-state index in [1.807, 2.05) is 0 Å². The second-order valence-electron chi connectivity index (χ2n) is 3.22. The molecule has 1 rings (SSSR count). The van der Waals surface area contributed by atoms with E-state index in [1.165, 1.54) is 6.07 Å². The van der Waals surface area contributed by atoms with Crippen LogP contribution >= 0.6 is 27.3 Å². The zero-order valence-corrected chi connectivity index (χ0v) is 12.1. The first kappa shape index (κ1) is 14.4. The molecular weight excluding hydrogens is 330 g/mol. The highest BCUT2D eigenvalue weighted by atomic mass is 79.9. The Kier molecular flexibility index (Phi) is 4.48. The van der Waals surface area contributed by atoms with E-state index in [-0.39, 0.29) is 15.6 Å². The second-order valence-corrected chi connectivity index (χ2v) is 7.39. The lowest BCUT2D eigenvalue weighted by Gasteiger charge is -2.02. The fourth-order valence-electron chi connectivity index (χ4n) is 1.04. The van der Waals surface area contributed by atoms with E-state index < -0.39 is 16.0 Å². The zero-order valence-electron chi connectivity index (χ0n) is 8.86. The molecule has 1 heterocycles. The average Bonchev–Trinajstić information content (AvgIpc) is 2.58. The van der Waals surface area contributed by atoms with E-state index in [1.54, 1.807) is 6.92 Å². The number of hydrogen-bond donors (Lipinski definition) is 2. The van der Waals surface area contributed by atoms with Gasteiger partial charge in [0.2, 0.25) is 10.0 Å². The van der Waals surface area contributed by atoms with Gasteiger partial charge >= 0.3 is 5.97 Å². The Hall–Kier alpha value is -0.700. The molecular formula is C9H10BrNO4S2. The molecule has 0 spiro atoms. The zero-order chi connectivity index (χ0) is 13.2. The molecule has 94 valence electrons. The molecule has 1 aromatic rings. The van der Waals surface area contributed by atoms with Crippen molar-refractivity contribution < 1.29 is 18.3 Å². The minimum atomic E-state index is -3.68. The Bertz CT molecular complexity index is 562. The van der Waals surface area contributed by atoms with Crippen molar-refractivity contribution in [3.05, 3.63) is 27.6 Å². The van der Waals surface area contributed by atoms with E-state index in [4.69, 9.17) is 5.11 Å². The smallest absolute Gasteiger partial charge is 0.346 e. The van der Waals surface area contributed by atoms with Crippen LogP contribution in [0.25, 0.3) is 0 Å². The van der Waals surface area contributed by atoms with Gasteiger partial charge in [-0.05, 0) is 18.6 Å². The van der Waals surface area contributed by atoms with Crippen LogP contribution < -0.4 is 4.72 Å². The number of aryl methyl sites for hydroxylation is 1. The van der Waals surface area contributed by atoms with E-state index in [0.717, 1.165) is 11.3 Å². The number of carboxylic acids is 1. The largest absolute Gasteiger partial charge is 0.477 e. The van der Waals surface area contributed by atoms with Gasteiger partial charge in [-0.25, -0.2) is 17.9 Å². The molecule has 0 aromatic carbocycles. The number of nitrogens with one attached hydrogen (secondary N) is 1.